The summed E-state index contributed by atoms with van der Waals surface area (Å²) in [6.07, 6.45) is 0.0630. The highest BCUT2D eigenvalue weighted by Crippen LogP contribution is 2.34. The fourth-order valence-corrected chi connectivity index (χ4v) is 3.06. The number of aliphatic carboxylic acids is 1. The molecule has 1 amide bonds. The first-order chi connectivity index (χ1) is 10.7. The Labute approximate surface area is 137 Å². The van der Waals surface area contributed by atoms with E-state index in [1.165, 1.54) is 0 Å². The number of rotatable bonds is 2. The molecule has 0 bridgehead atoms. The summed E-state index contributed by atoms with van der Waals surface area (Å²) >= 11 is 0. The van der Waals surface area contributed by atoms with Crippen LogP contribution in [0.1, 0.15) is 44.2 Å². The molecule has 1 aromatic carbocycles. The van der Waals surface area contributed by atoms with Gasteiger partial charge in [-0.15, -0.1) is 0 Å². The topological polar surface area (TPSA) is 66.8 Å². The minimum Gasteiger partial charge on any atom is -0.481 e. The van der Waals surface area contributed by atoms with E-state index >= 15 is 0 Å². The normalized spacial score (nSPS) is 21.8. The summed E-state index contributed by atoms with van der Waals surface area (Å²) in [6, 6.07) is 7.77. The number of aryl methyl sites for hydroxylation is 1. The van der Waals surface area contributed by atoms with Gasteiger partial charge >= 0.3 is 12.1 Å². The Bertz CT molecular complexity index is 591. The molecule has 23 heavy (non-hydrogen) atoms. The highest BCUT2D eigenvalue weighted by Gasteiger charge is 2.38. The van der Waals surface area contributed by atoms with Crippen molar-refractivity contribution in [3.05, 3.63) is 35.4 Å². The number of nitrogens with zero attached hydrogens (tertiary/aromatic N) is 1. The molecule has 1 heterocycles. The van der Waals surface area contributed by atoms with Gasteiger partial charge in [0, 0.05) is 19.0 Å². The summed E-state index contributed by atoms with van der Waals surface area (Å²) in [5.74, 6) is -1.49. The maximum Gasteiger partial charge on any atom is 0.410 e. The Morgan fingerprint density at radius 3 is 2.48 bits per heavy atom. The zero-order valence-corrected chi connectivity index (χ0v) is 14.2. The zero-order valence-electron chi connectivity index (χ0n) is 14.2. The van der Waals surface area contributed by atoms with Crippen LogP contribution >= 0.6 is 0 Å². The van der Waals surface area contributed by atoms with Crippen LogP contribution in [0.5, 0.6) is 0 Å². The minimum absolute atomic E-state index is 0.213. The molecule has 126 valence electrons. The summed E-state index contributed by atoms with van der Waals surface area (Å²) in [7, 11) is 0. The first-order valence-electron chi connectivity index (χ1n) is 7.95. The van der Waals surface area contributed by atoms with Crippen LogP contribution in [0, 0.1) is 12.8 Å². The van der Waals surface area contributed by atoms with Crippen molar-refractivity contribution in [3.63, 3.8) is 0 Å². The number of carbonyl (C=O) groups is 2. The molecule has 2 unspecified atom stereocenters. The second-order valence-corrected chi connectivity index (χ2v) is 7.12. The first-order valence-corrected chi connectivity index (χ1v) is 7.95. The molecule has 1 saturated heterocycles. The van der Waals surface area contributed by atoms with E-state index in [1.54, 1.807) is 4.90 Å². The smallest absolute Gasteiger partial charge is 0.410 e. The predicted molar refractivity (Wildman–Crippen MR) is 87.5 cm³/mol. The van der Waals surface area contributed by atoms with Crippen LogP contribution in [0.3, 0.4) is 0 Å². The fourth-order valence-electron chi connectivity index (χ4n) is 3.06. The lowest BCUT2D eigenvalue weighted by atomic mass is 9.79. The van der Waals surface area contributed by atoms with Crippen molar-refractivity contribution >= 4 is 12.1 Å². The molecule has 0 saturated carbocycles. The summed E-state index contributed by atoms with van der Waals surface area (Å²) in [5, 5.41) is 9.54. The van der Waals surface area contributed by atoms with Crippen LogP contribution in [0.2, 0.25) is 0 Å². The van der Waals surface area contributed by atoms with Crippen LogP contribution in [0.4, 0.5) is 4.79 Å². The maximum atomic E-state index is 12.3. The number of ether oxygens (including phenoxy) is 1. The van der Waals surface area contributed by atoms with Crippen molar-refractivity contribution in [3.8, 4) is 0 Å². The molecule has 5 nitrogen and oxygen atoms in total. The lowest BCUT2D eigenvalue weighted by Crippen LogP contribution is -2.46. The summed E-state index contributed by atoms with van der Waals surface area (Å²) < 4.78 is 5.43. The van der Waals surface area contributed by atoms with Crippen LogP contribution in [0.15, 0.2) is 24.3 Å². The first kappa shape index (κ1) is 17.3. The van der Waals surface area contributed by atoms with Gasteiger partial charge in [-0.2, -0.15) is 0 Å². The Hall–Kier alpha value is -2.04. The molecule has 0 aliphatic carbocycles. The molecule has 1 aliphatic rings. The van der Waals surface area contributed by atoms with Crippen molar-refractivity contribution in [2.24, 2.45) is 5.92 Å². The van der Waals surface area contributed by atoms with E-state index in [4.69, 9.17) is 4.74 Å². The SMILES string of the molecule is Cc1ccccc1C1CN(C(=O)OC(C)(C)C)CCC1C(=O)O. The summed E-state index contributed by atoms with van der Waals surface area (Å²) in [5.41, 5.74) is 1.49. The van der Waals surface area contributed by atoms with Crippen molar-refractivity contribution < 1.29 is 19.4 Å². The van der Waals surface area contributed by atoms with Gasteiger partial charge in [0.2, 0.25) is 0 Å². The third-order valence-electron chi connectivity index (χ3n) is 4.17. The van der Waals surface area contributed by atoms with Crippen LogP contribution in [-0.2, 0) is 9.53 Å². The fraction of sp³-hybridized carbons (Fsp3) is 0.556. The Morgan fingerprint density at radius 2 is 1.91 bits per heavy atom. The van der Waals surface area contributed by atoms with E-state index in [9.17, 15) is 14.7 Å². The molecular weight excluding hydrogens is 294 g/mol. The Balaban J connectivity index is 2.23. The number of carbonyl (C=O) groups excluding carboxylic acids is 1. The highest BCUT2D eigenvalue weighted by atomic mass is 16.6. The van der Waals surface area contributed by atoms with Gasteiger partial charge in [-0.25, -0.2) is 4.79 Å². The number of likely N-dealkylation sites (tertiary alicyclic amines) is 1. The lowest BCUT2D eigenvalue weighted by Gasteiger charge is -2.38. The van der Waals surface area contributed by atoms with Gasteiger partial charge in [0.15, 0.2) is 0 Å². The van der Waals surface area contributed by atoms with Gasteiger partial charge in [-0.1, -0.05) is 24.3 Å². The average molecular weight is 319 g/mol. The summed E-state index contributed by atoms with van der Waals surface area (Å²) in [6.45, 7) is 8.24. The number of piperidine rings is 1. The predicted octanol–water partition coefficient (Wildman–Crippen LogP) is 3.42. The van der Waals surface area contributed by atoms with E-state index in [-0.39, 0.29) is 12.0 Å². The van der Waals surface area contributed by atoms with E-state index in [0.717, 1.165) is 11.1 Å². The molecule has 0 aromatic heterocycles. The number of hydrogen-bond donors (Lipinski definition) is 1. The molecule has 1 aliphatic heterocycles. The molecule has 5 heteroatoms. The van der Waals surface area contributed by atoms with E-state index in [2.05, 4.69) is 0 Å². The van der Waals surface area contributed by atoms with Crippen molar-refractivity contribution in [1.82, 2.24) is 4.90 Å². The van der Waals surface area contributed by atoms with Crippen molar-refractivity contribution in [2.75, 3.05) is 13.1 Å². The standard InChI is InChI=1S/C18H25NO4/c1-12-7-5-6-8-13(12)15-11-19(10-9-14(15)16(20)21)17(22)23-18(2,3)4/h5-8,14-15H,9-11H2,1-4H3,(H,20,21). The molecule has 0 radical (unpaired) electrons. The van der Waals surface area contributed by atoms with Gasteiger partial charge in [0.05, 0.1) is 5.92 Å². The van der Waals surface area contributed by atoms with Crippen molar-refractivity contribution in [2.45, 2.75) is 45.6 Å². The minimum atomic E-state index is -0.804. The highest BCUT2D eigenvalue weighted by molar-refractivity contribution is 5.73. The average Bonchev–Trinajstić information content (AvgIpc) is 2.45. The zero-order chi connectivity index (χ0) is 17.2. The van der Waals surface area contributed by atoms with E-state index in [1.807, 2.05) is 52.0 Å². The van der Waals surface area contributed by atoms with E-state index < -0.39 is 17.5 Å². The van der Waals surface area contributed by atoms with Gasteiger partial charge in [-0.05, 0) is 45.2 Å². The van der Waals surface area contributed by atoms with Crippen molar-refractivity contribution in [1.29, 1.82) is 0 Å². The lowest BCUT2D eigenvalue weighted by molar-refractivity contribution is -0.144. The van der Waals surface area contributed by atoms with Gasteiger partial charge < -0.3 is 14.7 Å². The van der Waals surface area contributed by atoms with Gasteiger partial charge in [0.25, 0.3) is 0 Å². The Morgan fingerprint density at radius 1 is 1.26 bits per heavy atom. The Kier molecular flexibility index (Phi) is 4.97. The van der Waals surface area contributed by atoms with Crippen LogP contribution in [0.25, 0.3) is 0 Å². The largest absolute Gasteiger partial charge is 0.481 e. The molecule has 1 aromatic rings. The number of amides is 1. The number of benzene rings is 1. The third kappa shape index (κ3) is 4.24. The quantitative estimate of drug-likeness (QED) is 0.907. The second kappa shape index (κ2) is 6.60. The third-order valence-corrected chi connectivity index (χ3v) is 4.17. The molecule has 1 fully saturated rings. The van der Waals surface area contributed by atoms with Crippen LogP contribution < -0.4 is 0 Å². The maximum absolute atomic E-state index is 12.3. The van der Waals surface area contributed by atoms with Gasteiger partial charge in [0.1, 0.15) is 5.60 Å². The molecule has 2 atom stereocenters. The molecule has 2 rings (SSSR count). The molecular formula is C18H25NO4. The van der Waals surface area contributed by atoms with Gasteiger partial charge in [-0.3, -0.25) is 4.79 Å². The number of carboxylic acid groups (broad SMARTS) is 1. The molecule has 1 N–H and O–H groups in total. The molecule has 0 spiro atoms. The monoisotopic (exact) mass is 319 g/mol. The number of hydrogen-bond acceptors (Lipinski definition) is 3. The van der Waals surface area contributed by atoms with Crippen LogP contribution in [-0.4, -0.2) is 40.8 Å². The summed E-state index contributed by atoms with van der Waals surface area (Å²) in [4.78, 5) is 25.6. The van der Waals surface area contributed by atoms with E-state index in [0.29, 0.717) is 19.5 Å². The number of carboxylic acids is 1. The second-order valence-electron chi connectivity index (χ2n) is 7.12.